The molecule has 6 unspecified atom stereocenters. The summed E-state index contributed by atoms with van der Waals surface area (Å²) in [5.74, 6) is 34.8. The van der Waals surface area contributed by atoms with Gasteiger partial charge in [0.1, 0.15) is 0 Å². The van der Waals surface area contributed by atoms with E-state index >= 15 is 0 Å². The smallest absolute Gasteiger partial charge is 0.0462 e. The van der Waals surface area contributed by atoms with E-state index in [2.05, 4.69) is 80.0 Å². The van der Waals surface area contributed by atoms with Gasteiger partial charge in [-0.25, -0.2) is 0 Å². The van der Waals surface area contributed by atoms with Gasteiger partial charge >= 0.3 is 0 Å². The first-order chi connectivity index (χ1) is 16.8. The van der Waals surface area contributed by atoms with Crippen LogP contribution in [0.4, 0.5) is 0 Å². The van der Waals surface area contributed by atoms with Gasteiger partial charge < -0.3 is 0 Å². The normalized spacial score (nSPS) is 69.9. The minimum atomic E-state index is 0.663. The third-order valence-electron chi connectivity index (χ3n) is 14.4. The molecule has 0 saturated heterocycles. The summed E-state index contributed by atoms with van der Waals surface area (Å²) in [5, 5.41) is 0. The second kappa shape index (κ2) is 4.74. The maximum Gasteiger partial charge on any atom is 0.0462 e. The van der Waals surface area contributed by atoms with Crippen molar-refractivity contribution < 1.29 is 0 Å². The summed E-state index contributed by atoms with van der Waals surface area (Å²) >= 11 is 0. The van der Waals surface area contributed by atoms with Gasteiger partial charge in [0.25, 0.3) is 0 Å². The predicted octanol–water partition coefficient (Wildman–Crippen LogP) is 5.89. The molecule has 12 fully saturated rings. The fourth-order valence-electron chi connectivity index (χ4n) is 13.8. The number of fused-ring (bicyclic) bond motifs is 13. The fourth-order valence-corrected chi connectivity index (χ4v) is 13.8. The van der Waals surface area contributed by atoms with Crippen LogP contribution in [0, 0.1) is 143 Å². The Bertz CT molecular complexity index is 1360. The lowest BCUT2D eigenvalue weighted by Gasteiger charge is -2.45. The molecule has 3 spiro atoms. The molecule has 0 aromatic rings. The zero-order valence-corrected chi connectivity index (χ0v) is 23.0. The van der Waals surface area contributed by atoms with E-state index in [4.69, 9.17) is 0 Å². The second-order valence-electron chi connectivity index (χ2n) is 13.5. The van der Waals surface area contributed by atoms with Crippen molar-refractivity contribution >= 4 is 0 Å². The Morgan fingerprint density at radius 3 is 0.829 bits per heavy atom. The van der Waals surface area contributed by atoms with Gasteiger partial charge in [0.05, 0.1) is 0 Å². The Kier molecular flexibility index (Phi) is 2.83. The molecule has 12 rings (SSSR count). The zero-order valence-electron chi connectivity index (χ0n) is 23.0. The molecular formula is C35H36. The van der Waals surface area contributed by atoms with E-state index in [1.807, 2.05) is 20.8 Å². The van der Waals surface area contributed by atoms with Crippen LogP contribution in [-0.2, 0) is 0 Å². The highest BCUT2D eigenvalue weighted by atomic mass is 15.5. The molecule has 176 valence electrons. The van der Waals surface area contributed by atoms with E-state index in [-0.39, 0.29) is 0 Å². The Balaban J connectivity index is 0.0000000776. The summed E-state index contributed by atoms with van der Waals surface area (Å²) in [5.41, 5.74) is 8.82. The van der Waals surface area contributed by atoms with Crippen molar-refractivity contribution in [1.82, 2.24) is 0 Å². The molecule has 35 heavy (non-hydrogen) atoms. The fraction of sp³-hybridized carbons (Fsp3) is 0.714. The van der Waals surface area contributed by atoms with E-state index in [0.29, 0.717) is 5.41 Å². The molecule has 12 aliphatic rings. The lowest BCUT2D eigenvalue weighted by Crippen LogP contribution is -2.43. The van der Waals surface area contributed by atoms with Gasteiger partial charge in [-0.3, -0.25) is 0 Å². The molecule has 0 aliphatic heterocycles. The van der Waals surface area contributed by atoms with Crippen molar-refractivity contribution in [2.45, 2.75) is 69.2 Å². The highest BCUT2D eigenvalue weighted by molar-refractivity contribution is 5.95. The van der Waals surface area contributed by atoms with Gasteiger partial charge in [-0.2, -0.15) is 0 Å². The molecule has 0 radical (unpaired) electrons. The highest BCUT2D eigenvalue weighted by Gasteiger charge is 3.50. The summed E-state index contributed by atoms with van der Waals surface area (Å²) in [6, 6.07) is 0. The quantitative estimate of drug-likeness (QED) is 0.432. The van der Waals surface area contributed by atoms with E-state index in [0.717, 1.165) is 55.2 Å². The lowest BCUT2D eigenvalue weighted by molar-refractivity contribution is 0.000127. The molecule has 0 aromatic carbocycles. The SMILES string of the molecule is CC.CC#CC#CC.CC#CC#CC.CC#CC12C3C4(C)C1C342.CC12C3C14C2C34C12C3C4(C)C1C342. The van der Waals surface area contributed by atoms with E-state index in [9.17, 15) is 0 Å². The highest BCUT2D eigenvalue weighted by Crippen LogP contribution is 3.52. The number of hydrogen-bond acceptors (Lipinski definition) is 0. The van der Waals surface area contributed by atoms with Crippen LogP contribution < -0.4 is 0 Å². The summed E-state index contributed by atoms with van der Waals surface area (Å²) in [6.07, 6.45) is 0. The predicted molar refractivity (Wildman–Crippen MR) is 138 cm³/mol. The molecule has 12 aliphatic carbocycles. The van der Waals surface area contributed by atoms with Crippen LogP contribution in [0.25, 0.3) is 0 Å². The Morgan fingerprint density at radius 2 is 0.657 bits per heavy atom. The van der Waals surface area contributed by atoms with Gasteiger partial charge in [-0.1, -0.05) is 64.2 Å². The van der Waals surface area contributed by atoms with Gasteiger partial charge in [-0.05, 0) is 132 Å². The van der Waals surface area contributed by atoms with Crippen molar-refractivity contribution in [3.63, 3.8) is 0 Å². The van der Waals surface area contributed by atoms with Crippen molar-refractivity contribution in [1.29, 1.82) is 0 Å². The third kappa shape index (κ3) is 1.18. The van der Waals surface area contributed by atoms with E-state index in [1.54, 1.807) is 27.7 Å². The van der Waals surface area contributed by atoms with Gasteiger partial charge in [0, 0.05) is 10.8 Å². The largest absolute Gasteiger partial charge is 0.106 e. The standard InChI is InChI=1S/C12H10.C9H8.2C6H6.C2H6/c1-7-3-9(7)4(7)11(3,9)12-5-8(2)6(12)10(5,8)12;1-3-4-8-5-7(2)6(8)9(5,7)8;2*1-3-5-6-4-2;1-2/h3-6H,1-2H3;5-6H,1-2H3;2*1-2H3;1-2H3. The molecule has 0 bridgehead atoms. The maximum atomic E-state index is 3.36. The average molecular weight is 457 g/mol. The van der Waals surface area contributed by atoms with Gasteiger partial charge in [0.2, 0.25) is 0 Å². The first-order valence-electron chi connectivity index (χ1n) is 13.9. The molecule has 0 amide bonds. The topological polar surface area (TPSA) is 0 Å². The number of hydrogen-bond donors (Lipinski definition) is 0. The van der Waals surface area contributed by atoms with Crippen LogP contribution in [0.1, 0.15) is 69.2 Å². The van der Waals surface area contributed by atoms with Crippen LogP contribution in [-0.4, -0.2) is 0 Å². The minimum absolute atomic E-state index is 0.663. The molecule has 12 saturated carbocycles. The molecule has 0 nitrogen and oxygen atoms in total. The first-order valence-corrected chi connectivity index (χ1v) is 13.9. The first kappa shape index (κ1) is 20.9. The van der Waals surface area contributed by atoms with Crippen LogP contribution in [0.5, 0.6) is 0 Å². The number of rotatable bonds is 1. The van der Waals surface area contributed by atoms with Crippen molar-refractivity contribution in [3.8, 4) is 59.2 Å². The minimum Gasteiger partial charge on any atom is -0.106 e. The van der Waals surface area contributed by atoms with Crippen molar-refractivity contribution in [2.75, 3.05) is 0 Å². The van der Waals surface area contributed by atoms with E-state index < -0.39 is 0 Å². The van der Waals surface area contributed by atoms with E-state index in [1.165, 1.54) is 23.7 Å². The molecule has 6 atom stereocenters. The average Bonchev–Trinajstić information content (AvgIpc) is 3.60. The lowest BCUT2D eigenvalue weighted by atomic mass is 9.58. The summed E-state index contributed by atoms with van der Waals surface area (Å²) in [7, 11) is 0. The Labute approximate surface area is 212 Å². The van der Waals surface area contributed by atoms with Crippen LogP contribution in [0.3, 0.4) is 0 Å². The maximum absolute atomic E-state index is 3.36. The third-order valence-corrected chi connectivity index (χ3v) is 14.4. The van der Waals surface area contributed by atoms with Gasteiger partial charge in [-0.15, -0.1) is 5.92 Å². The zero-order chi connectivity index (χ0) is 25.0. The van der Waals surface area contributed by atoms with Crippen LogP contribution in [0.15, 0.2) is 0 Å². The van der Waals surface area contributed by atoms with Crippen LogP contribution >= 0.6 is 0 Å². The summed E-state index contributed by atoms with van der Waals surface area (Å²) in [4.78, 5) is 0. The Morgan fingerprint density at radius 1 is 0.400 bits per heavy atom. The molecule has 0 heterocycles. The summed E-state index contributed by atoms with van der Waals surface area (Å²) in [6.45, 7) is 20.6. The second-order valence-corrected chi connectivity index (χ2v) is 13.5. The molecule has 0 aromatic heterocycles. The monoisotopic (exact) mass is 456 g/mol. The molecule has 0 N–H and O–H groups in total. The Hall–Kier alpha value is -2.20. The molecule has 0 heteroatoms. The summed E-state index contributed by atoms with van der Waals surface area (Å²) < 4.78 is 0. The van der Waals surface area contributed by atoms with Gasteiger partial charge in [0.15, 0.2) is 0 Å². The molecular weight excluding hydrogens is 420 g/mol. The van der Waals surface area contributed by atoms with Crippen LogP contribution in [0.2, 0.25) is 0 Å². The van der Waals surface area contributed by atoms with Crippen molar-refractivity contribution in [3.05, 3.63) is 0 Å². The van der Waals surface area contributed by atoms with Crippen molar-refractivity contribution in [2.24, 2.45) is 84.2 Å².